The molecule has 0 saturated carbocycles. The molecule has 0 spiro atoms. The number of hydrogen-bond donors (Lipinski definition) is 3. The van der Waals surface area contributed by atoms with E-state index in [9.17, 15) is 22.6 Å². The molecule has 2 aromatic heterocycles. The highest BCUT2D eigenvalue weighted by molar-refractivity contribution is 7.85. The van der Waals surface area contributed by atoms with Crippen LogP contribution in [0.2, 0.25) is 0 Å². The Kier molecular flexibility index (Phi) is 3.71. The molecular weight excluding hydrogens is 404 g/mol. The molecule has 7 nitrogen and oxygen atoms in total. The van der Waals surface area contributed by atoms with Crippen molar-refractivity contribution in [2.45, 2.75) is 18.7 Å². The van der Waals surface area contributed by atoms with Crippen molar-refractivity contribution in [1.82, 2.24) is 9.97 Å². The molecule has 8 heteroatoms. The van der Waals surface area contributed by atoms with Gasteiger partial charge in [0.1, 0.15) is 0 Å². The summed E-state index contributed by atoms with van der Waals surface area (Å²) in [6, 6.07) is 11.4. The number of rotatable bonds is 1. The highest BCUT2D eigenvalue weighted by Crippen LogP contribution is 2.25. The Morgan fingerprint density at radius 1 is 0.700 bits per heavy atom. The largest absolute Gasteiger partial charge is 0.354 e. The Hall–Kier alpha value is -3.49. The highest BCUT2D eigenvalue weighted by Gasteiger charge is 2.17. The summed E-state index contributed by atoms with van der Waals surface area (Å²) in [5, 5.41) is 1.62. The van der Waals surface area contributed by atoms with E-state index in [1.54, 1.807) is 18.2 Å². The smallest absolute Gasteiger partial charge is 0.294 e. The summed E-state index contributed by atoms with van der Waals surface area (Å²) in [6.07, 6.45) is 0. The average molecular weight is 420 g/mol. The Morgan fingerprint density at radius 3 is 1.80 bits per heavy atom. The SMILES string of the molecule is Cc1ccc2c(=O)c3cc4[nH]c5cc(S(=O)(=O)O)c(C)cc5c(=O)c4cc3[nH]c2c1. The maximum atomic E-state index is 13.1. The van der Waals surface area contributed by atoms with E-state index < -0.39 is 10.1 Å². The number of benzene rings is 3. The maximum Gasteiger partial charge on any atom is 0.294 e. The Morgan fingerprint density at radius 2 is 1.20 bits per heavy atom. The lowest BCUT2D eigenvalue weighted by atomic mass is 10.0. The number of nitrogens with one attached hydrogen (secondary N) is 2. The van der Waals surface area contributed by atoms with Gasteiger partial charge in [0.2, 0.25) is 0 Å². The van der Waals surface area contributed by atoms with Crippen molar-refractivity contribution in [2.75, 3.05) is 0 Å². The molecule has 0 aliphatic rings. The molecule has 0 amide bonds. The van der Waals surface area contributed by atoms with Gasteiger partial charge in [-0.05, 0) is 61.4 Å². The van der Waals surface area contributed by atoms with E-state index in [2.05, 4.69) is 9.97 Å². The van der Waals surface area contributed by atoms with Crippen molar-refractivity contribution in [3.63, 3.8) is 0 Å². The number of fused-ring (bicyclic) bond motifs is 4. The van der Waals surface area contributed by atoms with E-state index in [1.807, 2.05) is 19.1 Å². The first-order valence-corrected chi connectivity index (χ1v) is 10.6. The van der Waals surface area contributed by atoms with Crippen molar-refractivity contribution in [3.05, 3.63) is 74.0 Å². The Labute approximate surface area is 169 Å². The summed E-state index contributed by atoms with van der Waals surface area (Å²) in [7, 11) is -4.44. The first kappa shape index (κ1) is 18.5. The van der Waals surface area contributed by atoms with Crippen LogP contribution in [0.15, 0.2) is 56.9 Å². The maximum absolute atomic E-state index is 13.1. The fourth-order valence-electron chi connectivity index (χ4n) is 3.98. The lowest BCUT2D eigenvalue weighted by molar-refractivity contribution is 0.482. The van der Waals surface area contributed by atoms with Gasteiger partial charge in [-0.3, -0.25) is 14.1 Å². The lowest BCUT2D eigenvalue weighted by Crippen LogP contribution is -2.09. The molecule has 0 radical (unpaired) electrons. The second-order valence-corrected chi connectivity index (χ2v) is 8.93. The van der Waals surface area contributed by atoms with Gasteiger partial charge in [0.25, 0.3) is 10.1 Å². The topological polar surface area (TPSA) is 120 Å². The van der Waals surface area contributed by atoms with Crippen molar-refractivity contribution >= 4 is 53.7 Å². The summed E-state index contributed by atoms with van der Waals surface area (Å²) in [6.45, 7) is 3.45. The predicted octanol–water partition coefficient (Wildman–Crippen LogP) is 3.54. The third-order valence-corrected chi connectivity index (χ3v) is 6.44. The number of aromatic nitrogens is 2. The van der Waals surface area contributed by atoms with Crippen LogP contribution in [0, 0.1) is 13.8 Å². The molecule has 3 aromatic carbocycles. The highest BCUT2D eigenvalue weighted by atomic mass is 32.2. The fraction of sp³-hybridized carbons (Fsp3) is 0.0909. The summed E-state index contributed by atoms with van der Waals surface area (Å²) in [5.41, 5.74) is 2.72. The van der Waals surface area contributed by atoms with E-state index in [0.717, 1.165) is 5.56 Å². The van der Waals surface area contributed by atoms with Crippen LogP contribution in [0.5, 0.6) is 0 Å². The quantitative estimate of drug-likeness (QED) is 0.283. The van der Waals surface area contributed by atoms with Crippen molar-refractivity contribution in [1.29, 1.82) is 0 Å². The molecule has 0 bridgehead atoms. The van der Waals surface area contributed by atoms with Gasteiger partial charge < -0.3 is 9.97 Å². The lowest BCUT2D eigenvalue weighted by Gasteiger charge is -2.09. The van der Waals surface area contributed by atoms with Crippen LogP contribution < -0.4 is 10.9 Å². The first-order valence-electron chi connectivity index (χ1n) is 9.18. The van der Waals surface area contributed by atoms with Gasteiger partial charge in [-0.2, -0.15) is 8.42 Å². The van der Waals surface area contributed by atoms with Crippen molar-refractivity contribution in [3.8, 4) is 0 Å². The van der Waals surface area contributed by atoms with Gasteiger partial charge in [-0.1, -0.05) is 6.07 Å². The van der Waals surface area contributed by atoms with Crippen LogP contribution in [0.25, 0.3) is 43.6 Å². The summed E-state index contributed by atoms with van der Waals surface area (Å²) in [4.78, 5) is 32.1. The number of hydrogen-bond acceptors (Lipinski definition) is 4. The van der Waals surface area contributed by atoms with E-state index in [1.165, 1.54) is 19.1 Å². The normalized spacial score (nSPS) is 12.4. The molecule has 0 unspecified atom stereocenters. The number of aromatic amines is 2. The molecule has 3 N–H and O–H groups in total. The summed E-state index contributed by atoms with van der Waals surface area (Å²) < 4.78 is 32.7. The van der Waals surface area contributed by atoms with Gasteiger partial charge in [0, 0.05) is 27.1 Å². The molecular formula is C22H16N2O5S. The minimum absolute atomic E-state index is 0.163. The molecule has 0 atom stereocenters. The Balaban J connectivity index is 1.95. The van der Waals surface area contributed by atoms with E-state index in [0.29, 0.717) is 38.1 Å². The molecule has 30 heavy (non-hydrogen) atoms. The molecule has 2 heterocycles. The van der Waals surface area contributed by atoms with Gasteiger partial charge in [0.15, 0.2) is 10.9 Å². The first-order chi connectivity index (χ1) is 14.1. The standard InChI is InChI=1S/C22H16N2O5S/c1-10-3-4-12-16(5-10)23-17-8-15-18(7-14(17)21(12)25)24-19-9-20(30(27,28)29)11(2)6-13(19)22(15)26/h3-9H,1-2H3,(H,23,25)(H,24,26)(H,27,28,29). The van der Waals surface area contributed by atoms with E-state index in [4.69, 9.17) is 0 Å². The minimum atomic E-state index is -4.44. The van der Waals surface area contributed by atoms with Crippen LogP contribution in [0.4, 0.5) is 0 Å². The molecule has 0 saturated heterocycles. The fourth-order valence-corrected chi connectivity index (χ4v) is 4.71. The van der Waals surface area contributed by atoms with Crippen LogP contribution >= 0.6 is 0 Å². The predicted molar refractivity (Wildman–Crippen MR) is 117 cm³/mol. The van der Waals surface area contributed by atoms with Crippen LogP contribution in [-0.2, 0) is 10.1 Å². The zero-order valence-corrected chi connectivity index (χ0v) is 16.8. The molecule has 150 valence electrons. The summed E-state index contributed by atoms with van der Waals surface area (Å²) >= 11 is 0. The third-order valence-electron chi connectivity index (χ3n) is 5.44. The van der Waals surface area contributed by atoms with Crippen molar-refractivity contribution < 1.29 is 13.0 Å². The van der Waals surface area contributed by atoms with Crippen LogP contribution in [0.1, 0.15) is 11.1 Å². The molecule has 5 rings (SSSR count). The number of pyridine rings is 2. The monoisotopic (exact) mass is 420 g/mol. The average Bonchev–Trinajstić information content (AvgIpc) is 2.67. The van der Waals surface area contributed by atoms with E-state index >= 15 is 0 Å². The summed E-state index contributed by atoms with van der Waals surface area (Å²) in [5.74, 6) is 0. The second kappa shape index (κ2) is 6.01. The molecule has 0 aliphatic heterocycles. The van der Waals surface area contributed by atoms with Crippen LogP contribution in [-0.4, -0.2) is 22.9 Å². The molecule has 5 aromatic rings. The zero-order chi connectivity index (χ0) is 21.4. The van der Waals surface area contributed by atoms with E-state index in [-0.39, 0.29) is 26.8 Å². The van der Waals surface area contributed by atoms with Gasteiger partial charge in [0.05, 0.1) is 21.4 Å². The van der Waals surface area contributed by atoms with Crippen molar-refractivity contribution in [2.24, 2.45) is 0 Å². The third kappa shape index (κ3) is 2.65. The van der Waals surface area contributed by atoms with Crippen LogP contribution in [0.3, 0.4) is 0 Å². The van der Waals surface area contributed by atoms with Gasteiger partial charge in [-0.25, -0.2) is 0 Å². The zero-order valence-electron chi connectivity index (χ0n) is 16.0. The second-order valence-electron chi connectivity index (χ2n) is 7.54. The minimum Gasteiger partial charge on any atom is -0.354 e. The molecule has 0 aliphatic carbocycles. The number of aryl methyl sites for hydroxylation is 2. The Bertz CT molecular complexity index is 1780. The van der Waals surface area contributed by atoms with Gasteiger partial charge in [-0.15, -0.1) is 0 Å². The van der Waals surface area contributed by atoms with Gasteiger partial charge >= 0.3 is 0 Å². The number of H-pyrrole nitrogens is 2. The molecule has 0 fully saturated rings.